The average molecular weight is 316 g/mol. The first-order chi connectivity index (χ1) is 9.51. The highest BCUT2D eigenvalue weighted by Crippen LogP contribution is 2.22. The zero-order valence-corrected chi connectivity index (χ0v) is 12.3. The smallest absolute Gasteiger partial charge is 0.282 e. The monoisotopic (exact) mass is 315 g/mol. The summed E-state index contributed by atoms with van der Waals surface area (Å²) in [5.74, 6) is -0.730. The number of ether oxygens (including phenoxy) is 1. The fraction of sp³-hybridized carbons (Fsp3) is 0.250. The Morgan fingerprint density at radius 3 is 2.80 bits per heavy atom. The number of nitrogens with one attached hydrogen (secondary N) is 1. The Hall–Kier alpha value is -1.73. The molecule has 8 heteroatoms. The van der Waals surface area contributed by atoms with Crippen LogP contribution in [0.5, 0.6) is 5.75 Å². The minimum Gasteiger partial charge on any atom is -0.494 e. The Morgan fingerprint density at radius 1 is 1.50 bits per heavy atom. The molecule has 106 valence electrons. The van der Waals surface area contributed by atoms with Gasteiger partial charge in [-0.25, -0.2) is 4.39 Å². The van der Waals surface area contributed by atoms with Crippen molar-refractivity contribution in [2.24, 2.45) is 0 Å². The number of nitrogens with zero attached hydrogens (tertiary/aromatic N) is 2. The summed E-state index contributed by atoms with van der Waals surface area (Å²) in [6.45, 7) is 1.74. The lowest BCUT2D eigenvalue weighted by Crippen LogP contribution is -2.26. The van der Waals surface area contributed by atoms with Crippen LogP contribution in [-0.4, -0.2) is 23.2 Å². The van der Waals surface area contributed by atoms with Crippen molar-refractivity contribution in [3.8, 4) is 5.75 Å². The number of aromatic nitrogens is 2. The van der Waals surface area contributed by atoms with Gasteiger partial charge in [0.1, 0.15) is 0 Å². The lowest BCUT2D eigenvalue weighted by atomic mass is 10.1. The molecule has 20 heavy (non-hydrogen) atoms. The molecule has 0 radical (unpaired) electrons. The van der Waals surface area contributed by atoms with E-state index in [2.05, 4.69) is 15.5 Å². The topological polar surface area (TPSA) is 64.1 Å². The second-order valence-corrected chi connectivity index (χ2v) is 5.51. The van der Waals surface area contributed by atoms with Gasteiger partial charge in [-0.1, -0.05) is 17.4 Å². The molecule has 1 aromatic carbocycles. The van der Waals surface area contributed by atoms with Crippen molar-refractivity contribution in [1.29, 1.82) is 0 Å². The van der Waals surface area contributed by atoms with Gasteiger partial charge in [0, 0.05) is 0 Å². The standard InChI is InChI=1S/C12H11ClFN3O2S/c1-6(7-3-4-9(19-2)8(14)5-7)15-10(18)11-16-17-12(13)20-11/h3-6H,1-2H3,(H,15,18). The molecule has 0 aliphatic heterocycles. The molecule has 1 aromatic heterocycles. The Balaban J connectivity index is 2.10. The number of hydrogen-bond donors (Lipinski definition) is 1. The molecule has 5 nitrogen and oxygen atoms in total. The number of methoxy groups -OCH3 is 1. The number of rotatable bonds is 4. The van der Waals surface area contributed by atoms with E-state index in [1.807, 2.05) is 0 Å². The van der Waals surface area contributed by atoms with Crippen molar-refractivity contribution < 1.29 is 13.9 Å². The van der Waals surface area contributed by atoms with Crippen LogP contribution in [0.3, 0.4) is 0 Å². The second-order valence-electron chi connectivity index (χ2n) is 3.95. The largest absolute Gasteiger partial charge is 0.494 e. The predicted molar refractivity (Wildman–Crippen MR) is 73.8 cm³/mol. The van der Waals surface area contributed by atoms with E-state index in [1.54, 1.807) is 13.0 Å². The Bertz CT molecular complexity index is 635. The van der Waals surface area contributed by atoms with Gasteiger partial charge in [0.05, 0.1) is 13.2 Å². The average Bonchev–Trinajstić information content (AvgIpc) is 2.85. The quantitative estimate of drug-likeness (QED) is 0.942. The van der Waals surface area contributed by atoms with E-state index >= 15 is 0 Å². The summed E-state index contributed by atoms with van der Waals surface area (Å²) in [5, 5.41) is 10.0. The first kappa shape index (κ1) is 14.7. The van der Waals surface area contributed by atoms with Gasteiger partial charge in [0.25, 0.3) is 5.91 Å². The molecule has 1 atom stereocenters. The van der Waals surface area contributed by atoms with Crippen LogP contribution in [0.25, 0.3) is 0 Å². The molecule has 0 aliphatic carbocycles. The van der Waals surface area contributed by atoms with Gasteiger partial charge < -0.3 is 10.1 Å². The van der Waals surface area contributed by atoms with Gasteiger partial charge in [-0.15, -0.1) is 10.2 Å². The summed E-state index contributed by atoms with van der Waals surface area (Å²) in [4.78, 5) is 11.9. The first-order valence-electron chi connectivity index (χ1n) is 5.64. The number of hydrogen-bond acceptors (Lipinski definition) is 5. The molecule has 1 heterocycles. The SMILES string of the molecule is COc1ccc(C(C)NC(=O)c2nnc(Cl)s2)cc1F. The zero-order valence-electron chi connectivity index (χ0n) is 10.7. The third kappa shape index (κ3) is 3.23. The summed E-state index contributed by atoms with van der Waals surface area (Å²) in [7, 11) is 1.39. The first-order valence-corrected chi connectivity index (χ1v) is 6.84. The zero-order chi connectivity index (χ0) is 14.7. The summed E-state index contributed by atoms with van der Waals surface area (Å²) in [6, 6.07) is 4.12. The number of amides is 1. The highest BCUT2D eigenvalue weighted by atomic mass is 35.5. The Morgan fingerprint density at radius 2 is 2.25 bits per heavy atom. The van der Waals surface area contributed by atoms with E-state index in [0.717, 1.165) is 11.3 Å². The van der Waals surface area contributed by atoms with E-state index in [1.165, 1.54) is 19.2 Å². The highest BCUT2D eigenvalue weighted by molar-refractivity contribution is 7.17. The Labute approximate surface area is 123 Å². The van der Waals surface area contributed by atoms with Crippen molar-refractivity contribution in [3.63, 3.8) is 0 Å². The molecule has 0 spiro atoms. The molecule has 0 fully saturated rings. The lowest BCUT2D eigenvalue weighted by Gasteiger charge is -2.14. The normalized spacial score (nSPS) is 12.0. The molecular formula is C12H11ClFN3O2S. The van der Waals surface area contributed by atoms with E-state index in [0.29, 0.717) is 5.56 Å². The molecule has 1 unspecified atom stereocenters. The molecule has 0 aliphatic rings. The van der Waals surface area contributed by atoms with E-state index in [9.17, 15) is 9.18 Å². The van der Waals surface area contributed by atoms with Crippen molar-refractivity contribution in [2.75, 3.05) is 7.11 Å². The number of halogens is 2. The summed E-state index contributed by atoms with van der Waals surface area (Å²) < 4.78 is 18.6. The van der Waals surface area contributed by atoms with Gasteiger partial charge in [-0.3, -0.25) is 4.79 Å². The highest BCUT2D eigenvalue weighted by Gasteiger charge is 2.16. The fourth-order valence-electron chi connectivity index (χ4n) is 1.59. The Kier molecular flexibility index (Phi) is 4.51. The van der Waals surface area contributed by atoms with Gasteiger partial charge in [0.2, 0.25) is 9.47 Å². The lowest BCUT2D eigenvalue weighted by molar-refractivity contribution is 0.0938. The maximum atomic E-state index is 13.6. The number of carbonyl (C=O) groups is 1. The molecular weight excluding hydrogens is 305 g/mol. The molecule has 2 aromatic rings. The van der Waals surface area contributed by atoms with E-state index < -0.39 is 11.7 Å². The molecule has 0 saturated heterocycles. The molecule has 0 saturated carbocycles. The van der Waals surface area contributed by atoms with Crippen molar-refractivity contribution in [2.45, 2.75) is 13.0 Å². The van der Waals surface area contributed by atoms with Crippen LogP contribution in [-0.2, 0) is 0 Å². The molecule has 1 amide bonds. The van der Waals surface area contributed by atoms with Gasteiger partial charge in [0.15, 0.2) is 11.6 Å². The summed E-state index contributed by atoms with van der Waals surface area (Å²) in [6.07, 6.45) is 0. The van der Waals surface area contributed by atoms with Crippen molar-refractivity contribution in [3.05, 3.63) is 39.1 Å². The molecule has 0 bridgehead atoms. The molecule has 1 N–H and O–H groups in total. The van der Waals surface area contributed by atoms with Crippen LogP contribution in [0.15, 0.2) is 18.2 Å². The number of carbonyl (C=O) groups excluding carboxylic acids is 1. The summed E-state index contributed by atoms with van der Waals surface area (Å²) in [5.41, 5.74) is 0.618. The predicted octanol–water partition coefficient (Wildman–Crippen LogP) is 2.83. The maximum Gasteiger partial charge on any atom is 0.282 e. The number of benzene rings is 1. The van der Waals surface area contributed by atoms with Crippen LogP contribution in [0.2, 0.25) is 4.47 Å². The van der Waals surface area contributed by atoms with Crippen LogP contribution >= 0.6 is 22.9 Å². The van der Waals surface area contributed by atoms with Gasteiger partial charge >= 0.3 is 0 Å². The molecule has 2 rings (SSSR count). The van der Waals surface area contributed by atoms with Crippen LogP contribution < -0.4 is 10.1 Å². The van der Waals surface area contributed by atoms with Crippen molar-refractivity contribution >= 4 is 28.8 Å². The third-order valence-corrected chi connectivity index (χ3v) is 3.64. The second kappa shape index (κ2) is 6.15. The maximum absolute atomic E-state index is 13.6. The van der Waals surface area contributed by atoms with Crippen LogP contribution in [0, 0.1) is 5.82 Å². The van der Waals surface area contributed by atoms with Crippen LogP contribution in [0.1, 0.15) is 28.3 Å². The van der Waals surface area contributed by atoms with E-state index in [-0.39, 0.29) is 21.3 Å². The van der Waals surface area contributed by atoms with E-state index in [4.69, 9.17) is 16.3 Å². The minimum atomic E-state index is -0.481. The summed E-state index contributed by atoms with van der Waals surface area (Å²) >= 11 is 6.59. The van der Waals surface area contributed by atoms with Gasteiger partial charge in [-0.2, -0.15) is 0 Å². The van der Waals surface area contributed by atoms with Gasteiger partial charge in [-0.05, 0) is 36.2 Å². The third-order valence-electron chi connectivity index (χ3n) is 2.62. The van der Waals surface area contributed by atoms with Crippen molar-refractivity contribution in [1.82, 2.24) is 15.5 Å². The fourth-order valence-corrected chi connectivity index (χ4v) is 2.32. The van der Waals surface area contributed by atoms with Crippen LogP contribution in [0.4, 0.5) is 4.39 Å². The minimum absolute atomic E-state index is 0.156.